The zero-order valence-electron chi connectivity index (χ0n) is 10.3. The Balaban J connectivity index is 2.06. The third kappa shape index (κ3) is 3.08. The number of thioether (sulfide) groups is 1. The first kappa shape index (κ1) is 13.5. The van der Waals surface area contributed by atoms with Crippen molar-refractivity contribution in [1.29, 1.82) is 0 Å². The first-order valence-corrected chi connectivity index (χ1v) is 7.88. The predicted octanol–water partition coefficient (Wildman–Crippen LogP) is 1.64. The molecule has 1 unspecified atom stereocenters. The van der Waals surface area contributed by atoms with E-state index < -0.39 is 0 Å². The van der Waals surface area contributed by atoms with Crippen LogP contribution in [0.15, 0.2) is 11.4 Å². The van der Waals surface area contributed by atoms with Gasteiger partial charge in [0.1, 0.15) is 0 Å². The summed E-state index contributed by atoms with van der Waals surface area (Å²) in [6, 6.07) is 2.23. The van der Waals surface area contributed by atoms with Crippen molar-refractivity contribution in [3.63, 3.8) is 0 Å². The van der Waals surface area contributed by atoms with Gasteiger partial charge in [-0.3, -0.25) is 4.79 Å². The van der Waals surface area contributed by atoms with Crippen LogP contribution in [0.1, 0.15) is 21.7 Å². The minimum absolute atomic E-state index is 0.0968. The monoisotopic (exact) mass is 280 g/mol. The number of amides is 1. The van der Waals surface area contributed by atoms with Gasteiger partial charge in [-0.25, -0.2) is 0 Å². The Morgan fingerprint density at radius 2 is 2.50 bits per heavy atom. The number of nitrogens with two attached hydrogens (primary N) is 1. The number of nitrogens with zero attached hydrogens (tertiary/aromatic N) is 1. The van der Waals surface area contributed by atoms with Crippen LogP contribution in [-0.4, -0.2) is 41.9 Å². The molecule has 1 aromatic rings. The Morgan fingerprint density at radius 3 is 3.17 bits per heavy atom. The number of hydrogen-bond donors (Lipinski definition) is 1. The second-order valence-corrected chi connectivity index (χ2v) is 6.20. The fraction of sp³-hybridized carbons (Fsp3) is 0.462. The molecule has 1 aliphatic rings. The molecule has 0 saturated carbocycles. The number of carbonyl (C=O) groups is 1. The van der Waals surface area contributed by atoms with Gasteiger partial charge in [0.25, 0.3) is 5.91 Å². The van der Waals surface area contributed by atoms with Gasteiger partial charge in [-0.1, -0.05) is 11.8 Å². The molecule has 5 heteroatoms. The van der Waals surface area contributed by atoms with Crippen LogP contribution < -0.4 is 5.73 Å². The van der Waals surface area contributed by atoms with Crippen molar-refractivity contribution in [3.8, 4) is 11.8 Å². The molecule has 2 rings (SSSR count). The normalized spacial score (nSPS) is 18.2. The first-order chi connectivity index (χ1) is 8.72. The molecule has 1 aromatic heterocycles. The lowest BCUT2D eigenvalue weighted by atomic mass is 10.2. The molecular weight excluding hydrogens is 264 g/mol. The van der Waals surface area contributed by atoms with Crippen molar-refractivity contribution < 1.29 is 4.79 Å². The fourth-order valence-electron chi connectivity index (χ4n) is 1.85. The van der Waals surface area contributed by atoms with Crippen molar-refractivity contribution in [2.45, 2.75) is 12.5 Å². The van der Waals surface area contributed by atoms with E-state index >= 15 is 0 Å². The molecule has 1 amide bonds. The Morgan fingerprint density at radius 1 is 1.67 bits per heavy atom. The lowest BCUT2D eigenvalue weighted by molar-refractivity contribution is 0.0748. The van der Waals surface area contributed by atoms with Gasteiger partial charge in [0.2, 0.25) is 0 Å². The average molecular weight is 280 g/mol. The van der Waals surface area contributed by atoms with Crippen LogP contribution in [0.3, 0.4) is 0 Å². The van der Waals surface area contributed by atoms with E-state index in [1.165, 1.54) is 11.3 Å². The maximum atomic E-state index is 12.3. The molecule has 2 heterocycles. The van der Waals surface area contributed by atoms with Crippen molar-refractivity contribution in [2.75, 3.05) is 25.1 Å². The topological polar surface area (TPSA) is 46.3 Å². The minimum Gasteiger partial charge on any atom is -0.338 e. The lowest BCUT2D eigenvalue weighted by Crippen LogP contribution is -2.36. The van der Waals surface area contributed by atoms with Gasteiger partial charge >= 0.3 is 0 Å². The molecule has 1 fully saturated rings. The van der Waals surface area contributed by atoms with Crippen LogP contribution in [0.4, 0.5) is 0 Å². The largest absolute Gasteiger partial charge is 0.338 e. The van der Waals surface area contributed by atoms with Crippen LogP contribution in [-0.2, 0) is 0 Å². The van der Waals surface area contributed by atoms with Crippen molar-refractivity contribution in [2.24, 2.45) is 5.73 Å². The third-order valence-electron chi connectivity index (χ3n) is 2.93. The first-order valence-electron chi connectivity index (χ1n) is 5.84. The van der Waals surface area contributed by atoms with Crippen LogP contribution in [0.5, 0.6) is 0 Å². The quantitative estimate of drug-likeness (QED) is 0.838. The smallest absolute Gasteiger partial charge is 0.254 e. The summed E-state index contributed by atoms with van der Waals surface area (Å²) in [6.45, 7) is 0.348. The van der Waals surface area contributed by atoms with Crippen molar-refractivity contribution in [3.05, 3.63) is 21.9 Å². The molecule has 1 aliphatic heterocycles. The van der Waals surface area contributed by atoms with Crippen LogP contribution in [0, 0.1) is 11.8 Å². The zero-order valence-corrected chi connectivity index (χ0v) is 11.9. The second kappa shape index (κ2) is 6.28. The Bertz CT molecular complexity index is 481. The maximum Gasteiger partial charge on any atom is 0.254 e. The van der Waals surface area contributed by atoms with Crippen LogP contribution >= 0.6 is 23.1 Å². The van der Waals surface area contributed by atoms with Gasteiger partial charge in [0.05, 0.1) is 17.0 Å². The number of hydrogen-bond acceptors (Lipinski definition) is 4. The summed E-state index contributed by atoms with van der Waals surface area (Å²) in [7, 11) is 1.89. The Labute approximate surface area is 116 Å². The third-order valence-corrected chi connectivity index (χ3v) is 4.92. The van der Waals surface area contributed by atoms with Crippen LogP contribution in [0.2, 0.25) is 0 Å². The van der Waals surface area contributed by atoms with Crippen molar-refractivity contribution >= 4 is 29.0 Å². The van der Waals surface area contributed by atoms with E-state index in [4.69, 9.17) is 5.73 Å². The molecule has 3 nitrogen and oxygen atoms in total. The van der Waals surface area contributed by atoms with Gasteiger partial charge < -0.3 is 10.6 Å². The van der Waals surface area contributed by atoms with E-state index in [1.54, 1.807) is 0 Å². The molecule has 0 radical (unpaired) electrons. The van der Waals surface area contributed by atoms with Gasteiger partial charge in [-0.15, -0.1) is 11.3 Å². The minimum atomic E-state index is 0.0968. The van der Waals surface area contributed by atoms with Gasteiger partial charge in [-0.05, 0) is 18.2 Å². The van der Waals surface area contributed by atoms with Gasteiger partial charge in [-0.2, -0.15) is 11.8 Å². The molecule has 0 bridgehead atoms. The summed E-state index contributed by atoms with van der Waals surface area (Å²) in [5, 5.41) is 1.88. The highest BCUT2D eigenvalue weighted by Gasteiger charge is 2.24. The van der Waals surface area contributed by atoms with E-state index in [-0.39, 0.29) is 5.91 Å². The van der Waals surface area contributed by atoms with Crippen LogP contribution in [0.25, 0.3) is 0 Å². The summed E-state index contributed by atoms with van der Waals surface area (Å²) < 4.78 is 0. The molecule has 0 spiro atoms. The fourth-order valence-corrected chi connectivity index (χ4v) is 3.87. The summed E-state index contributed by atoms with van der Waals surface area (Å²) in [4.78, 5) is 15.0. The predicted molar refractivity (Wildman–Crippen MR) is 78.1 cm³/mol. The molecular formula is C13H16N2OS2. The van der Waals surface area contributed by atoms with Gasteiger partial charge in [0, 0.05) is 24.2 Å². The molecule has 1 atom stereocenters. The highest BCUT2D eigenvalue weighted by atomic mass is 32.2. The number of rotatable bonds is 2. The summed E-state index contributed by atoms with van der Waals surface area (Å²) in [5.74, 6) is 8.05. The van der Waals surface area contributed by atoms with Gasteiger partial charge in [0.15, 0.2) is 0 Å². The Kier molecular flexibility index (Phi) is 4.70. The molecule has 1 saturated heterocycles. The zero-order chi connectivity index (χ0) is 13.0. The van der Waals surface area contributed by atoms with E-state index in [2.05, 4.69) is 11.8 Å². The van der Waals surface area contributed by atoms with E-state index in [1.807, 2.05) is 35.2 Å². The highest BCUT2D eigenvalue weighted by molar-refractivity contribution is 7.99. The van der Waals surface area contributed by atoms with E-state index in [0.717, 1.165) is 28.4 Å². The average Bonchev–Trinajstić information content (AvgIpc) is 3.05. The highest BCUT2D eigenvalue weighted by Crippen LogP contribution is 2.23. The van der Waals surface area contributed by atoms with E-state index in [9.17, 15) is 4.79 Å². The SMILES string of the molecule is CN(C(=O)c1csc(C#CCN)c1)C1CCSC1. The summed E-state index contributed by atoms with van der Waals surface area (Å²) >= 11 is 3.41. The van der Waals surface area contributed by atoms with E-state index in [0.29, 0.717) is 12.6 Å². The molecule has 2 N–H and O–H groups in total. The Hall–Kier alpha value is -0.960. The molecule has 96 valence electrons. The summed E-state index contributed by atoms with van der Waals surface area (Å²) in [5.41, 5.74) is 6.06. The molecule has 0 aliphatic carbocycles. The number of carbonyl (C=O) groups excluding carboxylic acids is 1. The summed E-state index contributed by atoms with van der Waals surface area (Å²) in [6.07, 6.45) is 1.09. The number of thiophene rings is 1. The maximum absolute atomic E-state index is 12.3. The van der Waals surface area contributed by atoms with Crippen molar-refractivity contribution in [1.82, 2.24) is 4.90 Å². The standard InChI is InChI=1S/C13H16N2OS2/c1-15(11-4-6-17-9-11)13(16)10-7-12(18-8-10)3-2-5-14/h7-8,11H,4-6,9,14H2,1H3. The lowest BCUT2D eigenvalue weighted by Gasteiger charge is -2.23. The second-order valence-electron chi connectivity index (χ2n) is 4.14. The molecule has 0 aromatic carbocycles. The molecule has 18 heavy (non-hydrogen) atoms.